The van der Waals surface area contributed by atoms with Crippen molar-refractivity contribution in [2.45, 2.75) is 148 Å². The molecule has 7 N–H and O–H groups in total. The number of fused-ring (bicyclic) bond motifs is 2. The molecular weight excluding hydrogens is 648 g/mol. The van der Waals surface area contributed by atoms with E-state index in [-0.39, 0.29) is 72.4 Å². The summed E-state index contributed by atoms with van der Waals surface area (Å²) in [6, 6.07) is 0.311. The van der Waals surface area contributed by atoms with E-state index in [1.54, 1.807) is 13.0 Å². The van der Waals surface area contributed by atoms with Gasteiger partial charge in [-0.05, 0) is 103 Å². The first-order valence-electron chi connectivity index (χ1n) is 20.2. The number of hydrogen-bond acceptors (Lipinski definition) is 8. The van der Waals surface area contributed by atoms with Crippen LogP contribution in [0.5, 0.6) is 0 Å². The van der Waals surface area contributed by atoms with Gasteiger partial charge < -0.3 is 34.9 Å². The molecule has 0 aromatic carbocycles. The molecule has 51 heavy (non-hydrogen) atoms. The summed E-state index contributed by atoms with van der Waals surface area (Å²) in [7, 11) is 2.11. The molecule has 11 unspecified atom stereocenters. The summed E-state index contributed by atoms with van der Waals surface area (Å²) < 4.78 is 19.6. The summed E-state index contributed by atoms with van der Waals surface area (Å²) >= 11 is 0. The predicted molar refractivity (Wildman–Crippen MR) is 194 cm³/mol. The fourth-order valence-electron chi connectivity index (χ4n) is 10.2. The van der Waals surface area contributed by atoms with Gasteiger partial charge in [0.2, 0.25) is 5.91 Å². The molecule has 1 amide bonds. The summed E-state index contributed by atoms with van der Waals surface area (Å²) in [6.45, 7) is 14.8. The Hall–Kier alpha value is -2.05. The van der Waals surface area contributed by atoms with Gasteiger partial charge in [0.05, 0.1) is 32.2 Å². The first-order chi connectivity index (χ1) is 24.2. The minimum absolute atomic E-state index is 0.0663. The molecule has 5 rings (SSSR count). The van der Waals surface area contributed by atoms with Gasteiger partial charge in [-0.25, -0.2) is 4.79 Å². The topological polar surface area (TPSA) is 162 Å². The lowest BCUT2D eigenvalue weighted by Crippen LogP contribution is -2.96. The van der Waals surface area contributed by atoms with Crippen LogP contribution < -0.4 is 16.4 Å². The Morgan fingerprint density at radius 2 is 1.90 bits per heavy atom. The van der Waals surface area contributed by atoms with Crippen LogP contribution in [0.2, 0.25) is 0 Å². The van der Waals surface area contributed by atoms with Crippen molar-refractivity contribution >= 4 is 17.8 Å². The fourth-order valence-corrected chi connectivity index (χ4v) is 10.2. The van der Waals surface area contributed by atoms with Crippen molar-refractivity contribution in [2.24, 2.45) is 47.2 Å². The van der Waals surface area contributed by atoms with Crippen LogP contribution in [0.1, 0.15) is 112 Å². The first-order valence-corrected chi connectivity index (χ1v) is 20.2. The molecule has 5 aliphatic rings. The van der Waals surface area contributed by atoms with Gasteiger partial charge in [0.15, 0.2) is 0 Å². The Kier molecular flexibility index (Phi) is 13.3. The third-order valence-corrected chi connectivity index (χ3v) is 13.5. The van der Waals surface area contributed by atoms with E-state index in [4.69, 9.17) is 19.9 Å². The number of amides is 1. The fraction of sp³-hybridized carbons (Fsp3) is 0.875. The smallest absolute Gasteiger partial charge is 0.334 e. The second-order valence-electron chi connectivity index (χ2n) is 17.8. The molecule has 0 aromatic rings. The molecule has 11 heteroatoms. The summed E-state index contributed by atoms with van der Waals surface area (Å²) in [4.78, 5) is 42.5. The van der Waals surface area contributed by atoms with E-state index in [1.165, 1.54) is 0 Å². The number of likely N-dealkylation sites (tertiary alicyclic amines) is 1. The summed E-state index contributed by atoms with van der Waals surface area (Å²) in [5.41, 5.74) is 5.43. The van der Waals surface area contributed by atoms with E-state index >= 15 is 0 Å². The van der Waals surface area contributed by atoms with Crippen molar-refractivity contribution in [2.75, 3.05) is 33.3 Å². The Morgan fingerprint density at radius 1 is 1.14 bits per heavy atom. The highest BCUT2D eigenvalue weighted by Crippen LogP contribution is 2.55. The number of rotatable bonds is 15. The highest BCUT2D eigenvalue weighted by Gasteiger charge is 2.61. The number of nitrogens with zero attached hydrogens (tertiary/aromatic N) is 1. The lowest BCUT2D eigenvalue weighted by Gasteiger charge is -2.49. The zero-order valence-electron chi connectivity index (χ0n) is 32.6. The van der Waals surface area contributed by atoms with Crippen molar-refractivity contribution in [3.8, 4) is 0 Å². The SMILES string of the molecule is CC=C(C)C(=O)OC(C)(C)C1(CC2CC(N)[NH2+]CC2CC(=O)N2CC(C[NH2+]C)C2CCC(C)C)CC2CC3CC(CCCO)C(=O)OC3CC2O1. The number of nitrogens with two attached hydrogens (primary N) is 3. The van der Waals surface area contributed by atoms with Crippen molar-refractivity contribution in [1.29, 1.82) is 0 Å². The molecule has 0 bridgehead atoms. The molecule has 11 atom stereocenters. The summed E-state index contributed by atoms with van der Waals surface area (Å²) in [5.74, 6) is 1.46. The molecule has 290 valence electrons. The highest BCUT2D eigenvalue weighted by molar-refractivity contribution is 5.88. The van der Waals surface area contributed by atoms with Gasteiger partial charge in [-0.3, -0.25) is 15.3 Å². The second kappa shape index (κ2) is 17.0. The zero-order valence-corrected chi connectivity index (χ0v) is 32.6. The monoisotopic (exact) mass is 719 g/mol. The van der Waals surface area contributed by atoms with Crippen LogP contribution in [-0.4, -0.2) is 96.8 Å². The predicted octanol–water partition coefficient (Wildman–Crippen LogP) is 2.25. The number of carbonyl (C=O) groups is 3. The Balaban J connectivity index is 1.37. The minimum atomic E-state index is -0.958. The molecule has 0 aromatic heterocycles. The molecule has 1 saturated carbocycles. The number of allylic oxidation sites excluding steroid dienone is 1. The Bertz CT molecular complexity index is 1260. The van der Waals surface area contributed by atoms with Crippen LogP contribution in [0.3, 0.4) is 0 Å². The summed E-state index contributed by atoms with van der Waals surface area (Å²) in [5, 5.41) is 13.8. The number of esters is 2. The van der Waals surface area contributed by atoms with Crippen LogP contribution in [0.4, 0.5) is 0 Å². The number of hydrogen-bond donors (Lipinski definition) is 4. The average Bonchev–Trinajstić information content (AvgIpc) is 3.43. The van der Waals surface area contributed by atoms with E-state index in [9.17, 15) is 19.5 Å². The normalized spacial score (nSPS) is 37.0. The molecule has 11 nitrogen and oxygen atoms in total. The van der Waals surface area contributed by atoms with Gasteiger partial charge in [0, 0.05) is 55.9 Å². The van der Waals surface area contributed by atoms with Crippen molar-refractivity contribution < 1.29 is 44.3 Å². The molecular formula is C40H70N4O7+2. The van der Waals surface area contributed by atoms with E-state index in [1.807, 2.05) is 20.8 Å². The molecule has 0 radical (unpaired) electrons. The van der Waals surface area contributed by atoms with Crippen LogP contribution in [0.25, 0.3) is 0 Å². The summed E-state index contributed by atoms with van der Waals surface area (Å²) in [6.07, 6.45) is 9.76. The van der Waals surface area contributed by atoms with Gasteiger partial charge in [-0.1, -0.05) is 19.9 Å². The second-order valence-corrected chi connectivity index (χ2v) is 17.8. The average molecular weight is 719 g/mol. The number of piperidine rings is 1. The largest absolute Gasteiger partial charge is 0.462 e. The molecule has 5 fully saturated rings. The van der Waals surface area contributed by atoms with Crippen molar-refractivity contribution in [3.05, 3.63) is 11.6 Å². The number of ether oxygens (including phenoxy) is 3. The van der Waals surface area contributed by atoms with Crippen molar-refractivity contribution in [1.82, 2.24) is 4.90 Å². The van der Waals surface area contributed by atoms with Crippen LogP contribution in [0, 0.1) is 41.4 Å². The number of aliphatic hydroxyl groups is 1. The van der Waals surface area contributed by atoms with E-state index in [0.29, 0.717) is 55.6 Å². The Morgan fingerprint density at radius 3 is 2.59 bits per heavy atom. The zero-order chi connectivity index (χ0) is 37.1. The standard InChI is InChI=1S/C40H68N4O7/c1-8-25(4)37(47)51-39(5,6)40(20-29-15-27-14-26(10-9-13-45)38(48)49-33(27)18-34(29)50-40)19-28-16-35(41)43-22-30(28)17-36(46)44-23-31(21-42-7)32(44)12-11-24(2)3/h8,24,26-35,42-43,45H,9-23,41H2,1-7H3/p+2. The van der Waals surface area contributed by atoms with Gasteiger partial charge in [0.25, 0.3) is 0 Å². The van der Waals surface area contributed by atoms with E-state index in [0.717, 1.165) is 58.2 Å². The third kappa shape index (κ3) is 9.02. The maximum Gasteiger partial charge on any atom is 0.334 e. The van der Waals surface area contributed by atoms with Gasteiger partial charge in [-0.15, -0.1) is 0 Å². The highest BCUT2D eigenvalue weighted by atomic mass is 16.6. The van der Waals surface area contributed by atoms with Crippen LogP contribution in [-0.2, 0) is 28.6 Å². The van der Waals surface area contributed by atoms with Gasteiger partial charge in [0.1, 0.15) is 23.5 Å². The van der Waals surface area contributed by atoms with Crippen LogP contribution >= 0.6 is 0 Å². The number of aliphatic hydroxyl groups excluding tert-OH is 1. The molecule has 4 aliphatic heterocycles. The van der Waals surface area contributed by atoms with Crippen LogP contribution in [0.15, 0.2) is 11.6 Å². The maximum absolute atomic E-state index is 14.1. The molecule has 4 saturated heterocycles. The van der Waals surface area contributed by atoms with E-state index in [2.05, 4.69) is 36.4 Å². The lowest BCUT2D eigenvalue weighted by molar-refractivity contribution is -0.706. The Labute approximate surface area is 306 Å². The van der Waals surface area contributed by atoms with Crippen molar-refractivity contribution in [3.63, 3.8) is 0 Å². The minimum Gasteiger partial charge on any atom is -0.462 e. The molecule has 0 spiro atoms. The quantitative estimate of drug-likeness (QED) is 0.148. The lowest BCUT2D eigenvalue weighted by atomic mass is 9.66. The third-order valence-electron chi connectivity index (χ3n) is 13.5. The molecule has 4 heterocycles. The first kappa shape index (κ1) is 40.1. The van der Waals surface area contributed by atoms with Gasteiger partial charge in [-0.2, -0.15) is 0 Å². The van der Waals surface area contributed by atoms with E-state index < -0.39 is 11.2 Å². The number of carbonyl (C=O) groups excluding carboxylic acids is 3. The molecule has 1 aliphatic carbocycles. The van der Waals surface area contributed by atoms with Gasteiger partial charge >= 0.3 is 11.9 Å². The number of quaternary nitrogens is 2. The maximum atomic E-state index is 14.1.